The summed E-state index contributed by atoms with van der Waals surface area (Å²) in [5, 5.41) is 17.7. The minimum atomic E-state index is -0.107. The van der Waals surface area contributed by atoms with Crippen molar-refractivity contribution in [3.63, 3.8) is 0 Å². The highest BCUT2D eigenvalue weighted by atomic mass is 32.2. The Morgan fingerprint density at radius 3 is 3.17 bits per heavy atom. The Labute approximate surface area is 146 Å². The van der Waals surface area contributed by atoms with Crippen LogP contribution in [0.4, 0.5) is 10.3 Å². The van der Waals surface area contributed by atoms with E-state index in [2.05, 4.69) is 25.8 Å². The van der Waals surface area contributed by atoms with Gasteiger partial charge in [-0.15, -0.1) is 21.5 Å². The molecule has 0 aromatic carbocycles. The Kier molecular flexibility index (Phi) is 5.81. The number of carbonyl (C=O) groups excluding carboxylic acids is 1. The first-order valence-corrected chi connectivity index (χ1v) is 9.91. The van der Waals surface area contributed by atoms with Crippen LogP contribution in [0.15, 0.2) is 9.72 Å². The summed E-state index contributed by atoms with van der Waals surface area (Å²) in [6.45, 7) is 3.12. The molecule has 23 heavy (non-hydrogen) atoms. The Bertz CT molecular complexity index is 654. The topological polar surface area (TPSA) is 89.0 Å². The van der Waals surface area contributed by atoms with Crippen LogP contribution in [0.1, 0.15) is 25.5 Å². The average Bonchev–Trinajstić information content (AvgIpc) is 3.25. The van der Waals surface area contributed by atoms with Crippen LogP contribution >= 0.6 is 34.4 Å². The second kappa shape index (κ2) is 8.04. The number of hydrogen-bond acceptors (Lipinski definition) is 9. The summed E-state index contributed by atoms with van der Waals surface area (Å²) in [6.07, 6.45) is 2.53. The van der Waals surface area contributed by atoms with Gasteiger partial charge < -0.3 is 15.4 Å². The molecule has 7 nitrogen and oxygen atoms in total. The van der Waals surface area contributed by atoms with E-state index in [1.807, 2.05) is 5.38 Å². The molecule has 3 rings (SSSR count). The van der Waals surface area contributed by atoms with E-state index in [4.69, 9.17) is 4.74 Å². The second-order valence-corrected chi connectivity index (χ2v) is 8.06. The zero-order valence-corrected chi connectivity index (χ0v) is 15.0. The minimum Gasteiger partial charge on any atom is -0.376 e. The standard InChI is InChI=1S/C13H17N5O2S3/c1-8(19)15-12-16-9(6-21-12)7-22-13-18-17-11(23-13)14-5-10-3-2-4-20-10/h6,10H,2-5,7H2,1H3,(H,14,17)(H,15,16,19). The summed E-state index contributed by atoms with van der Waals surface area (Å²) < 4.78 is 6.47. The van der Waals surface area contributed by atoms with Crippen LogP contribution < -0.4 is 10.6 Å². The van der Waals surface area contributed by atoms with Crippen molar-refractivity contribution in [3.05, 3.63) is 11.1 Å². The fraction of sp³-hybridized carbons (Fsp3) is 0.538. The molecular weight excluding hydrogens is 354 g/mol. The van der Waals surface area contributed by atoms with Crippen molar-refractivity contribution in [1.29, 1.82) is 0 Å². The summed E-state index contributed by atoms with van der Waals surface area (Å²) in [4.78, 5) is 15.3. The van der Waals surface area contributed by atoms with Gasteiger partial charge in [0.15, 0.2) is 9.47 Å². The molecule has 1 fully saturated rings. The van der Waals surface area contributed by atoms with Gasteiger partial charge in [0.2, 0.25) is 11.0 Å². The van der Waals surface area contributed by atoms with Gasteiger partial charge in [0.1, 0.15) is 0 Å². The Morgan fingerprint density at radius 2 is 2.39 bits per heavy atom. The van der Waals surface area contributed by atoms with Gasteiger partial charge >= 0.3 is 0 Å². The normalized spacial score (nSPS) is 17.3. The van der Waals surface area contributed by atoms with Crippen molar-refractivity contribution >= 4 is 50.6 Å². The monoisotopic (exact) mass is 371 g/mol. The van der Waals surface area contributed by atoms with Crippen molar-refractivity contribution in [3.8, 4) is 0 Å². The lowest BCUT2D eigenvalue weighted by Crippen LogP contribution is -2.18. The Balaban J connectivity index is 1.45. The molecule has 2 N–H and O–H groups in total. The van der Waals surface area contributed by atoms with E-state index < -0.39 is 0 Å². The van der Waals surface area contributed by atoms with Gasteiger partial charge in [-0.1, -0.05) is 23.1 Å². The maximum atomic E-state index is 11.0. The number of carbonyl (C=O) groups is 1. The molecule has 124 valence electrons. The summed E-state index contributed by atoms with van der Waals surface area (Å²) >= 11 is 4.55. The third kappa shape index (κ3) is 5.13. The van der Waals surface area contributed by atoms with Crippen LogP contribution in [0, 0.1) is 0 Å². The van der Waals surface area contributed by atoms with Crippen LogP contribution in [0.5, 0.6) is 0 Å². The molecule has 0 radical (unpaired) electrons. The number of anilines is 2. The summed E-state index contributed by atoms with van der Waals surface area (Å²) in [7, 11) is 0. The maximum absolute atomic E-state index is 11.0. The fourth-order valence-corrected chi connectivity index (χ4v) is 4.58. The van der Waals surface area contributed by atoms with Crippen LogP contribution in [-0.4, -0.2) is 40.3 Å². The van der Waals surface area contributed by atoms with Gasteiger partial charge in [-0.25, -0.2) is 4.98 Å². The van der Waals surface area contributed by atoms with Crippen molar-refractivity contribution < 1.29 is 9.53 Å². The number of hydrogen-bond donors (Lipinski definition) is 2. The third-order valence-electron chi connectivity index (χ3n) is 3.09. The minimum absolute atomic E-state index is 0.107. The van der Waals surface area contributed by atoms with Crippen molar-refractivity contribution in [2.75, 3.05) is 23.8 Å². The first-order chi connectivity index (χ1) is 11.2. The van der Waals surface area contributed by atoms with Gasteiger partial charge in [-0.3, -0.25) is 4.79 Å². The molecule has 1 amide bonds. The van der Waals surface area contributed by atoms with Crippen LogP contribution in [0.3, 0.4) is 0 Å². The molecule has 1 atom stereocenters. The Hall–Kier alpha value is -1.23. The molecule has 2 aromatic heterocycles. The van der Waals surface area contributed by atoms with Crippen molar-refractivity contribution in [1.82, 2.24) is 15.2 Å². The predicted octanol–water partition coefficient (Wildman–Crippen LogP) is 2.84. The SMILES string of the molecule is CC(=O)Nc1nc(CSc2nnc(NCC3CCCO3)s2)cs1. The van der Waals surface area contributed by atoms with Crippen molar-refractivity contribution in [2.24, 2.45) is 0 Å². The van der Waals surface area contributed by atoms with Crippen LogP contribution in [0.25, 0.3) is 0 Å². The molecule has 0 spiro atoms. The number of ether oxygens (including phenoxy) is 1. The van der Waals surface area contributed by atoms with E-state index in [-0.39, 0.29) is 12.0 Å². The highest BCUT2D eigenvalue weighted by molar-refractivity contribution is 8.00. The van der Waals surface area contributed by atoms with Gasteiger partial charge in [-0.05, 0) is 12.8 Å². The van der Waals surface area contributed by atoms with E-state index in [0.29, 0.717) is 10.9 Å². The highest BCUT2D eigenvalue weighted by Crippen LogP contribution is 2.29. The summed E-state index contributed by atoms with van der Waals surface area (Å²) in [5.74, 6) is 0.598. The lowest BCUT2D eigenvalue weighted by molar-refractivity contribution is -0.114. The average molecular weight is 372 g/mol. The molecule has 10 heteroatoms. The summed E-state index contributed by atoms with van der Waals surface area (Å²) in [6, 6.07) is 0. The van der Waals surface area contributed by atoms with E-state index in [1.165, 1.54) is 29.6 Å². The first-order valence-electron chi connectivity index (χ1n) is 7.23. The quantitative estimate of drug-likeness (QED) is 0.723. The number of amides is 1. The molecule has 1 unspecified atom stereocenters. The fourth-order valence-electron chi connectivity index (χ4n) is 2.06. The first kappa shape index (κ1) is 16.6. The zero-order valence-electron chi connectivity index (χ0n) is 12.6. The molecule has 0 aliphatic carbocycles. The highest BCUT2D eigenvalue weighted by Gasteiger charge is 2.16. The molecule has 1 aliphatic heterocycles. The summed E-state index contributed by atoms with van der Waals surface area (Å²) in [5.41, 5.74) is 0.924. The van der Waals surface area contributed by atoms with Gasteiger partial charge in [0.05, 0.1) is 11.8 Å². The molecule has 1 aliphatic rings. The van der Waals surface area contributed by atoms with Crippen molar-refractivity contribution in [2.45, 2.75) is 36.0 Å². The number of nitrogens with one attached hydrogen (secondary N) is 2. The van der Waals surface area contributed by atoms with Crippen LogP contribution in [0.2, 0.25) is 0 Å². The number of rotatable bonds is 7. The van der Waals surface area contributed by atoms with Gasteiger partial charge in [0, 0.05) is 31.2 Å². The van der Waals surface area contributed by atoms with E-state index in [1.54, 1.807) is 11.8 Å². The predicted molar refractivity (Wildman–Crippen MR) is 93.4 cm³/mol. The lowest BCUT2D eigenvalue weighted by atomic mass is 10.2. The number of aromatic nitrogens is 3. The molecule has 2 aromatic rings. The lowest BCUT2D eigenvalue weighted by Gasteiger charge is -2.08. The largest absolute Gasteiger partial charge is 0.376 e. The molecular formula is C13H17N5O2S3. The number of nitrogens with zero attached hydrogens (tertiary/aromatic N) is 3. The van der Waals surface area contributed by atoms with E-state index in [0.717, 1.165) is 41.2 Å². The Morgan fingerprint density at radius 1 is 1.48 bits per heavy atom. The van der Waals surface area contributed by atoms with Crippen LogP contribution in [-0.2, 0) is 15.3 Å². The molecule has 3 heterocycles. The maximum Gasteiger partial charge on any atom is 0.223 e. The zero-order chi connectivity index (χ0) is 16.1. The van der Waals surface area contributed by atoms with E-state index >= 15 is 0 Å². The molecule has 1 saturated heterocycles. The van der Waals surface area contributed by atoms with Gasteiger partial charge in [-0.2, -0.15) is 0 Å². The third-order valence-corrected chi connectivity index (χ3v) is 5.94. The molecule has 0 saturated carbocycles. The smallest absolute Gasteiger partial charge is 0.223 e. The van der Waals surface area contributed by atoms with Gasteiger partial charge in [0.25, 0.3) is 0 Å². The number of thioether (sulfide) groups is 1. The van der Waals surface area contributed by atoms with E-state index in [9.17, 15) is 4.79 Å². The molecule has 0 bridgehead atoms. The second-order valence-electron chi connectivity index (χ2n) is 5.00. The number of thiazole rings is 1.